The number of rotatable bonds is 14. The number of aliphatic hydroxyl groups excluding tert-OH is 1. The number of hydrogen-bond donors (Lipinski definition) is 3. The molecule has 4 aromatic heterocycles. The van der Waals surface area contributed by atoms with Gasteiger partial charge in [-0.3, -0.25) is 24.3 Å². The lowest BCUT2D eigenvalue weighted by molar-refractivity contribution is 0.0364. The summed E-state index contributed by atoms with van der Waals surface area (Å²) in [7, 11) is -4.60. The number of pyridine rings is 2. The van der Waals surface area contributed by atoms with Gasteiger partial charge in [0, 0.05) is 59.9 Å². The average Bonchev–Trinajstić information content (AvgIpc) is 4.20. The summed E-state index contributed by atoms with van der Waals surface area (Å²) in [6.45, 7) is 0.808. The van der Waals surface area contributed by atoms with Crippen molar-refractivity contribution in [2.75, 3.05) is 36.1 Å². The molecule has 0 unspecified atom stereocenters. The van der Waals surface area contributed by atoms with E-state index in [9.17, 15) is 18.5 Å². The SMILES string of the molecule is O=C1O[C@@H](Cn2ccnn2)CN1c1ccc(-c2ccc(C3=NO[C@H](CO)C3)nc2)c(F)c1.O=C1O[C@@H](Cn2ccnn2)CN1c1ccc(-c2ccc(C3=NO[C@H](COP(=O)(O)O)C3)nc2)c(F)c1. The smallest absolute Gasteiger partial charge is 0.442 e. The van der Waals surface area contributed by atoms with Crippen LogP contribution in [0.2, 0.25) is 0 Å². The maximum absolute atomic E-state index is 15.0. The molecule has 2 fully saturated rings. The molecule has 8 heterocycles. The summed E-state index contributed by atoms with van der Waals surface area (Å²) in [5.41, 5.74) is 4.74. The number of hydrogen-bond acceptors (Lipinski definition) is 17. The van der Waals surface area contributed by atoms with Crippen LogP contribution in [0, 0.1) is 11.6 Å². The van der Waals surface area contributed by atoms with Gasteiger partial charge in [0.1, 0.15) is 35.3 Å². The maximum atomic E-state index is 15.0. The molecule has 352 valence electrons. The van der Waals surface area contributed by atoms with E-state index in [4.69, 9.17) is 34.0 Å². The van der Waals surface area contributed by atoms with Crippen LogP contribution in [0.15, 0.2) is 108 Å². The molecular weight excluding hydrogens is 918 g/mol. The molecule has 0 bridgehead atoms. The minimum Gasteiger partial charge on any atom is -0.442 e. The van der Waals surface area contributed by atoms with E-state index in [1.807, 2.05) is 0 Å². The van der Waals surface area contributed by atoms with Crippen molar-refractivity contribution >= 4 is 42.8 Å². The number of nitrogens with zero attached hydrogens (tertiary/aromatic N) is 12. The maximum Gasteiger partial charge on any atom is 0.469 e. The van der Waals surface area contributed by atoms with E-state index in [2.05, 4.69) is 45.4 Å². The highest BCUT2D eigenvalue weighted by atomic mass is 31.2. The van der Waals surface area contributed by atoms with Crippen LogP contribution in [0.4, 0.5) is 29.7 Å². The summed E-state index contributed by atoms with van der Waals surface area (Å²) >= 11 is 0. The fraction of sp³-hybridized carbons (Fsp3) is 0.286. The van der Waals surface area contributed by atoms with Crippen molar-refractivity contribution in [2.24, 2.45) is 10.3 Å². The van der Waals surface area contributed by atoms with Crippen LogP contribution in [0.5, 0.6) is 0 Å². The highest BCUT2D eigenvalue weighted by Gasteiger charge is 2.35. The predicted molar refractivity (Wildman–Crippen MR) is 232 cm³/mol. The molecule has 0 radical (unpaired) electrons. The van der Waals surface area contributed by atoms with Crippen molar-refractivity contribution in [1.82, 2.24) is 40.0 Å². The minimum absolute atomic E-state index is 0.117. The third kappa shape index (κ3) is 10.7. The Kier molecular flexibility index (Phi) is 13.2. The Morgan fingerprint density at radius 1 is 0.676 bits per heavy atom. The Hall–Kier alpha value is -7.57. The molecule has 68 heavy (non-hydrogen) atoms. The number of carbonyl (C=O) groups excluding carboxylic acids is 2. The number of phosphoric ester groups is 1. The number of amides is 2. The molecule has 0 aliphatic carbocycles. The van der Waals surface area contributed by atoms with Crippen molar-refractivity contribution in [3.8, 4) is 22.3 Å². The van der Waals surface area contributed by atoms with Gasteiger partial charge in [-0.25, -0.2) is 32.3 Å². The third-order valence-corrected chi connectivity index (χ3v) is 11.3. The van der Waals surface area contributed by atoms with Crippen LogP contribution in [0.3, 0.4) is 0 Å². The van der Waals surface area contributed by atoms with E-state index in [0.717, 1.165) is 0 Å². The molecule has 2 saturated heterocycles. The van der Waals surface area contributed by atoms with Gasteiger partial charge in [0.05, 0.1) is 74.5 Å². The zero-order valence-corrected chi connectivity index (χ0v) is 36.3. The summed E-state index contributed by atoms with van der Waals surface area (Å²) in [5, 5.41) is 32.1. The standard InChI is InChI=1S/C21H20FN6O7P.C21H19FN6O4/c22-18-7-14(28-11-16(34-21(28)29)10-27-6-5-24-26-27)2-3-17(18)13-1-4-19(23-9-13)20-8-15(35-25-20)12-33-36(30,31)32;22-18-7-14(28-11-16(31-21(28)30)10-27-6-5-24-26-27)2-3-17(18)13-1-4-19(23-9-13)20-8-15(12-29)32-25-20/h1-7,9,15-16H,8,10-12H2,(H2,30,31,32);1-7,9,15-16,29H,8,10-12H2/t2*15-,16-/m00/s1. The molecule has 4 atom stereocenters. The number of carbonyl (C=O) groups is 2. The number of oxime groups is 2. The number of phosphoric acid groups is 1. The lowest BCUT2D eigenvalue weighted by atomic mass is 10.0. The molecular formula is C42H39F2N12O11P. The molecule has 6 aromatic rings. The molecule has 10 rings (SSSR count). The first-order chi connectivity index (χ1) is 32.8. The fourth-order valence-corrected chi connectivity index (χ4v) is 7.88. The van der Waals surface area contributed by atoms with Gasteiger partial charge < -0.3 is 34.0 Å². The van der Waals surface area contributed by atoms with Gasteiger partial charge in [-0.05, 0) is 48.5 Å². The van der Waals surface area contributed by atoms with E-state index in [0.29, 0.717) is 76.0 Å². The van der Waals surface area contributed by atoms with Crippen molar-refractivity contribution in [3.63, 3.8) is 0 Å². The number of cyclic esters (lactones) is 2. The van der Waals surface area contributed by atoms with Gasteiger partial charge in [-0.2, -0.15) is 0 Å². The number of ether oxygens (including phenoxy) is 2. The topological polar surface area (TPSA) is 276 Å². The van der Waals surface area contributed by atoms with Crippen LogP contribution in [-0.2, 0) is 41.3 Å². The summed E-state index contributed by atoms with van der Waals surface area (Å²) in [5.74, 6) is -1.02. The summed E-state index contributed by atoms with van der Waals surface area (Å²) < 4.78 is 59.0. The first-order valence-electron chi connectivity index (χ1n) is 20.8. The minimum atomic E-state index is -4.60. The van der Waals surface area contributed by atoms with Crippen LogP contribution in [0.1, 0.15) is 24.2 Å². The van der Waals surface area contributed by atoms with Gasteiger partial charge in [-0.1, -0.05) is 32.9 Å². The van der Waals surface area contributed by atoms with Crippen molar-refractivity contribution in [3.05, 3.63) is 121 Å². The fourth-order valence-electron chi connectivity index (χ4n) is 7.52. The lowest BCUT2D eigenvalue weighted by Gasteiger charge is -2.14. The second kappa shape index (κ2) is 19.7. The molecule has 26 heteroatoms. The first-order valence-corrected chi connectivity index (χ1v) is 22.3. The highest BCUT2D eigenvalue weighted by molar-refractivity contribution is 7.46. The number of halogens is 2. The van der Waals surface area contributed by atoms with Gasteiger partial charge in [0.25, 0.3) is 0 Å². The van der Waals surface area contributed by atoms with E-state index < -0.39 is 50.0 Å². The quantitative estimate of drug-likeness (QED) is 0.130. The second-order valence-corrected chi connectivity index (χ2v) is 16.8. The number of aliphatic hydroxyl groups is 1. The molecule has 4 aliphatic rings. The van der Waals surface area contributed by atoms with Gasteiger partial charge in [-0.15, -0.1) is 10.2 Å². The molecule has 4 aliphatic heterocycles. The monoisotopic (exact) mass is 956 g/mol. The predicted octanol–water partition coefficient (Wildman–Crippen LogP) is 4.10. The number of benzene rings is 2. The zero-order valence-electron chi connectivity index (χ0n) is 35.4. The Morgan fingerprint density at radius 2 is 1.16 bits per heavy atom. The second-order valence-electron chi connectivity index (χ2n) is 15.6. The normalized spacial score (nSPS) is 20.0. The Bertz CT molecular complexity index is 2870. The van der Waals surface area contributed by atoms with E-state index in [1.165, 1.54) is 34.3 Å². The third-order valence-electron chi connectivity index (χ3n) is 10.8. The Morgan fingerprint density at radius 3 is 1.56 bits per heavy atom. The molecule has 0 saturated carbocycles. The highest BCUT2D eigenvalue weighted by Crippen LogP contribution is 2.37. The van der Waals surface area contributed by atoms with Gasteiger partial charge in [0.2, 0.25) is 0 Å². The van der Waals surface area contributed by atoms with Crippen molar-refractivity contribution < 1.29 is 61.5 Å². The van der Waals surface area contributed by atoms with Crippen LogP contribution in [0.25, 0.3) is 22.3 Å². The summed E-state index contributed by atoms with van der Waals surface area (Å²) in [4.78, 5) is 63.8. The lowest BCUT2D eigenvalue weighted by Crippen LogP contribution is -2.26. The van der Waals surface area contributed by atoms with E-state index in [-0.39, 0.29) is 38.8 Å². The molecule has 23 nitrogen and oxygen atoms in total. The van der Waals surface area contributed by atoms with Gasteiger partial charge >= 0.3 is 20.0 Å². The van der Waals surface area contributed by atoms with Gasteiger partial charge in [0.15, 0.2) is 12.2 Å². The molecule has 3 N–H and O–H groups in total. The van der Waals surface area contributed by atoms with E-state index in [1.54, 1.807) is 82.7 Å². The Labute approximate surface area is 383 Å². The largest absolute Gasteiger partial charge is 0.469 e. The molecule has 2 amide bonds. The zero-order chi connectivity index (χ0) is 47.4. The summed E-state index contributed by atoms with van der Waals surface area (Å²) in [6, 6.07) is 15.8. The Balaban J connectivity index is 0.000000171. The van der Waals surface area contributed by atoms with E-state index >= 15 is 4.39 Å². The first kappa shape index (κ1) is 45.6. The summed E-state index contributed by atoms with van der Waals surface area (Å²) in [6.07, 6.45) is 7.22. The van der Waals surface area contributed by atoms with Crippen LogP contribution >= 0.6 is 7.82 Å². The van der Waals surface area contributed by atoms with Crippen LogP contribution in [-0.4, -0.2) is 129 Å². The van der Waals surface area contributed by atoms with Crippen molar-refractivity contribution in [2.45, 2.75) is 50.3 Å². The molecule has 0 spiro atoms. The van der Waals surface area contributed by atoms with Crippen LogP contribution < -0.4 is 9.80 Å². The average molecular weight is 957 g/mol. The molecule has 2 aromatic carbocycles. The number of aromatic nitrogens is 8. The van der Waals surface area contributed by atoms with Crippen molar-refractivity contribution in [1.29, 1.82) is 0 Å². The number of anilines is 2.